The van der Waals surface area contributed by atoms with Gasteiger partial charge in [0.15, 0.2) is 0 Å². The van der Waals surface area contributed by atoms with Gasteiger partial charge in [-0.1, -0.05) is 23.7 Å². The molecule has 0 bridgehead atoms. The number of carboxylic acid groups (broad SMARTS) is 1. The molecule has 0 aliphatic carbocycles. The fourth-order valence-electron chi connectivity index (χ4n) is 5.39. The first-order chi connectivity index (χ1) is 16.7. The van der Waals surface area contributed by atoms with Crippen molar-refractivity contribution >= 4 is 17.6 Å². The lowest BCUT2D eigenvalue weighted by Gasteiger charge is -2.43. The highest BCUT2D eigenvalue weighted by molar-refractivity contribution is 6.31. The van der Waals surface area contributed by atoms with Crippen LogP contribution in [0.5, 0.6) is 5.75 Å². The second kappa shape index (κ2) is 11.3. The van der Waals surface area contributed by atoms with Crippen molar-refractivity contribution in [3.8, 4) is 5.75 Å². The molecule has 2 saturated heterocycles. The molecule has 190 valence electrons. The maximum Gasteiger partial charge on any atom is 0.324 e. The normalized spacial score (nSPS) is 20.5. The van der Waals surface area contributed by atoms with E-state index >= 15 is 0 Å². The van der Waals surface area contributed by atoms with Crippen molar-refractivity contribution in [1.29, 1.82) is 0 Å². The number of piperidine rings is 2. The monoisotopic (exact) mass is 502 g/mol. The highest BCUT2D eigenvalue weighted by Crippen LogP contribution is 2.30. The van der Waals surface area contributed by atoms with Crippen LogP contribution in [0.4, 0.5) is 4.39 Å². The summed E-state index contributed by atoms with van der Waals surface area (Å²) in [7, 11) is 0. The predicted molar refractivity (Wildman–Crippen MR) is 137 cm³/mol. The summed E-state index contributed by atoms with van der Waals surface area (Å²) in [5, 5.41) is 10.8. The summed E-state index contributed by atoms with van der Waals surface area (Å²) >= 11 is 6.12. The molecule has 35 heavy (non-hydrogen) atoms. The number of hydrogen-bond donors (Lipinski definition) is 1. The molecule has 1 atom stereocenters. The van der Waals surface area contributed by atoms with E-state index in [1.807, 2.05) is 25.1 Å². The van der Waals surface area contributed by atoms with Crippen molar-refractivity contribution < 1.29 is 19.0 Å². The lowest BCUT2D eigenvalue weighted by Crippen LogP contribution is -2.57. The highest BCUT2D eigenvalue weighted by Gasteiger charge is 2.41. The fourth-order valence-corrected chi connectivity index (χ4v) is 5.51. The molecule has 2 fully saturated rings. The van der Waals surface area contributed by atoms with Crippen molar-refractivity contribution in [2.45, 2.75) is 57.6 Å². The third-order valence-electron chi connectivity index (χ3n) is 7.72. The first kappa shape index (κ1) is 25.9. The van der Waals surface area contributed by atoms with Crippen LogP contribution >= 0.6 is 11.6 Å². The van der Waals surface area contributed by atoms with Crippen LogP contribution in [0.3, 0.4) is 0 Å². The van der Waals surface area contributed by atoms with Gasteiger partial charge in [-0.15, -0.1) is 0 Å². The Labute approximate surface area is 212 Å². The summed E-state index contributed by atoms with van der Waals surface area (Å²) in [4.78, 5) is 16.9. The van der Waals surface area contributed by atoms with Crippen molar-refractivity contribution in [1.82, 2.24) is 9.80 Å². The van der Waals surface area contributed by atoms with Crippen molar-refractivity contribution in [2.75, 3.05) is 32.7 Å². The molecule has 2 aromatic rings. The predicted octanol–water partition coefficient (Wildman–Crippen LogP) is 5.43. The van der Waals surface area contributed by atoms with E-state index in [9.17, 15) is 14.3 Å². The second-order valence-electron chi connectivity index (χ2n) is 10.3. The van der Waals surface area contributed by atoms with Crippen LogP contribution in [0.1, 0.15) is 43.7 Å². The third-order valence-corrected chi connectivity index (χ3v) is 8.14. The zero-order valence-corrected chi connectivity index (χ0v) is 21.4. The number of likely N-dealkylation sites (tertiary alicyclic amines) is 2. The number of carbonyl (C=O) groups is 1. The zero-order valence-electron chi connectivity index (χ0n) is 20.7. The fraction of sp³-hybridized carbons (Fsp3) is 0.536. The van der Waals surface area contributed by atoms with Gasteiger partial charge in [-0.25, -0.2) is 4.39 Å². The van der Waals surface area contributed by atoms with Crippen LogP contribution in [-0.4, -0.2) is 65.2 Å². The first-order valence-electron chi connectivity index (χ1n) is 12.6. The zero-order chi connectivity index (χ0) is 25.0. The molecule has 5 nitrogen and oxygen atoms in total. The van der Waals surface area contributed by atoms with Gasteiger partial charge in [-0.05, 0) is 100.0 Å². The molecule has 0 radical (unpaired) electrons. The molecule has 0 spiro atoms. The molecular weight excluding hydrogens is 467 g/mol. The van der Waals surface area contributed by atoms with E-state index in [0.717, 1.165) is 80.3 Å². The molecule has 1 unspecified atom stereocenters. The Morgan fingerprint density at radius 3 is 2.34 bits per heavy atom. The summed E-state index contributed by atoms with van der Waals surface area (Å²) < 4.78 is 19.5. The third kappa shape index (κ3) is 6.54. The molecule has 2 aliphatic rings. The molecule has 0 amide bonds. The molecule has 1 N–H and O–H groups in total. The van der Waals surface area contributed by atoms with E-state index in [1.54, 1.807) is 19.1 Å². The molecule has 2 aliphatic heterocycles. The van der Waals surface area contributed by atoms with Crippen molar-refractivity contribution in [3.63, 3.8) is 0 Å². The van der Waals surface area contributed by atoms with Crippen LogP contribution < -0.4 is 4.74 Å². The van der Waals surface area contributed by atoms with E-state index in [-0.39, 0.29) is 11.9 Å². The van der Waals surface area contributed by atoms with Gasteiger partial charge >= 0.3 is 5.97 Å². The minimum Gasteiger partial charge on any atom is -0.490 e. The Balaban J connectivity index is 1.24. The van der Waals surface area contributed by atoms with Crippen LogP contribution in [0.2, 0.25) is 5.02 Å². The number of benzene rings is 2. The molecular formula is C28H36ClFN2O3. The number of carboxylic acids is 1. The average molecular weight is 503 g/mol. The Morgan fingerprint density at radius 2 is 1.74 bits per heavy atom. The van der Waals surface area contributed by atoms with Crippen LogP contribution in [-0.2, 0) is 11.2 Å². The van der Waals surface area contributed by atoms with Gasteiger partial charge in [0.1, 0.15) is 23.2 Å². The summed E-state index contributed by atoms with van der Waals surface area (Å²) in [5.74, 6) is 0.340. The molecule has 7 heteroatoms. The van der Waals surface area contributed by atoms with Gasteiger partial charge in [-0.3, -0.25) is 9.69 Å². The maximum absolute atomic E-state index is 13.3. The Kier molecular flexibility index (Phi) is 8.35. The van der Waals surface area contributed by atoms with E-state index in [1.165, 1.54) is 12.1 Å². The number of halogens is 2. The van der Waals surface area contributed by atoms with Crippen molar-refractivity contribution in [2.24, 2.45) is 5.92 Å². The largest absolute Gasteiger partial charge is 0.490 e. The summed E-state index contributed by atoms with van der Waals surface area (Å²) in [6.07, 6.45) is 4.61. The number of hydrogen-bond acceptors (Lipinski definition) is 4. The highest BCUT2D eigenvalue weighted by atomic mass is 35.5. The minimum atomic E-state index is -0.988. The van der Waals surface area contributed by atoms with Gasteiger partial charge in [0.05, 0.1) is 0 Å². The Hall–Kier alpha value is -2.15. The van der Waals surface area contributed by atoms with Gasteiger partial charge < -0.3 is 14.7 Å². The Morgan fingerprint density at radius 1 is 1.09 bits per heavy atom. The van der Waals surface area contributed by atoms with E-state index in [2.05, 4.69) is 9.80 Å². The topological polar surface area (TPSA) is 53.0 Å². The second-order valence-corrected chi connectivity index (χ2v) is 10.7. The average Bonchev–Trinajstić information content (AvgIpc) is 2.84. The molecule has 4 rings (SSSR count). The number of ether oxygens (including phenoxy) is 1. The SMILES string of the molecule is Cc1cc(OC2CCN(CC3CCN(C(C)(Cc4ccc(F)cc4)C(=O)O)CC3)CC2)ccc1Cl. The summed E-state index contributed by atoms with van der Waals surface area (Å²) in [6, 6.07) is 12.0. The number of aliphatic carboxylic acids is 1. The van der Waals surface area contributed by atoms with Gasteiger partial charge in [0.25, 0.3) is 0 Å². The smallest absolute Gasteiger partial charge is 0.324 e. The lowest BCUT2D eigenvalue weighted by atomic mass is 9.86. The molecule has 0 aromatic heterocycles. The Bertz CT molecular complexity index is 1000. The van der Waals surface area contributed by atoms with Crippen LogP contribution in [0, 0.1) is 18.7 Å². The quantitative estimate of drug-likeness (QED) is 0.521. The van der Waals surface area contributed by atoms with Gasteiger partial charge in [0.2, 0.25) is 0 Å². The maximum atomic E-state index is 13.3. The molecule has 2 heterocycles. The molecule has 0 saturated carbocycles. The summed E-state index contributed by atoms with van der Waals surface area (Å²) in [5.41, 5.74) is 0.889. The van der Waals surface area contributed by atoms with Gasteiger partial charge in [0, 0.05) is 31.1 Å². The summed E-state index contributed by atoms with van der Waals surface area (Å²) in [6.45, 7) is 8.43. The first-order valence-corrected chi connectivity index (χ1v) is 13.0. The number of aryl methyl sites for hydroxylation is 1. The number of rotatable bonds is 8. The number of nitrogens with zero attached hydrogens (tertiary/aromatic N) is 2. The van der Waals surface area contributed by atoms with E-state index in [0.29, 0.717) is 12.3 Å². The van der Waals surface area contributed by atoms with Crippen LogP contribution in [0.15, 0.2) is 42.5 Å². The van der Waals surface area contributed by atoms with E-state index in [4.69, 9.17) is 16.3 Å². The van der Waals surface area contributed by atoms with Crippen LogP contribution in [0.25, 0.3) is 0 Å². The minimum absolute atomic E-state index is 0.233. The van der Waals surface area contributed by atoms with E-state index < -0.39 is 11.5 Å². The van der Waals surface area contributed by atoms with Gasteiger partial charge in [-0.2, -0.15) is 0 Å². The standard InChI is InChI=1S/C28H36ClFN2O3/c1-20-17-25(7-8-26(20)29)35-24-11-13-31(14-12-24)19-22-9-15-32(16-10-22)28(2,27(33)34)18-21-3-5-23(30)6-4-21/h3-8,17,22,24H,9-16,18-19H2,1-2H3,(H,33,34). The molecule has 2 aromatic carbocycles. The lowest BCUT2D eigenvalue weighted by molar-refractivity contribution is -0.151. The van der Waals surface area contributed by atoms with Crippen molar-refractivity contribution in [3.05, 3.63) is 64.4 Å².